The third-order valence-corrected chi connectivity index (χ3v) is 1.91. The highest BCUT2D eigenvalue weighted by Crippen LogP contribution is 2.20. The molecule has 1 aromatic carbocycles. The van der Waals surface area contributed by atoms with E-state index in [0.29, 0.717) is 12.1 Å². The summed E-state index contributed by atoms with van der Waals surface area (Å²) in [4.78, 5) is 10.1. The first kappa shape index (κ1) is 9.63. The van der Waals surface area contributed by atoms with Crippen LogP contribution in [0.25, 0.3) is 0 Å². The van der Waals surface area contributed by atoms with Crippen molar-refractivity contribution in [2.24, 2.45) is 5.84 Å². The molecule has 0 spiro atoms. The van der Waals surface area contributed by atoms with E-state index < -0.39 is 4.92 Å². The number of hydrogen-bond donors (Lipinski definition) is 2. The molecule has 0 aliphatic heterocycles. The monoisotopic (exact) mass is 181 g/mol. The topological polar surface area (TPSA) is 81.2 Å². The molecule has 0 atom stereocenters. The number of nitrogens with zero attached hydrogens (tertiary/aromatic N) is 1. The van der Waals surface area contributed by atoms with Crippen LogP contribution in [0.2, 0.25) is 0 Å². The van der Waals surface area contributed by atoms with Crippen molar-refractivity contribution in [1.82, 2.24) is 5.43 Å². The van der Waals surface area contributed by atoms with Gasteiger partial charge >= 0.3 is 0 Å². The van der Waals surface area contributed by atoms with Crippen LogP contribution in [-0.2, 0) is 6.54 Å². The maximum atomic E-state index is 10.5. The highest BCUT2D eigenvalue weighted by molar-refractivity contribution is 5.44. The van der Waals surface area contributed by atoms with E-state index in [9.17, 15) is 10.1 Å². The summed E-state index contributed by atoms with van der Waals surface area (Å²) in [6.45, 7) is 2.15. The van der Waals surface area contributed by atoms with Crippen LogP contribution >= 0.6 is 0 Å². The second-order valence-corrected chi connectivity index (χ2v) is 2.70. The molecule has 70 valence electrons. The Labute approximate surface area is 75.7 Å². The number of nitro groups is 1. The minimum atomic E-state index is -0.394. The maximum absolute atomic E-state index is 10.5. The summed E-state index contributed by atoms with van der Waals surface area (Å²) in [6, 6.07) is 4.94. The Morgan fingerprint density at radius 2 is 2.31 bits per heavy atom. The van der Waals surface area contributed by atoms with Gasteiger partial charge in [-0.25, -0.2) is 0 Å². The van der Waals surface area contributed by atoms with Crippen LogP contribution in [0.5, 0.6) is 0 Å². The third kappa shape index (κ3) is 2.01. The van der Waals surface area contributed by atoms with E-state index in [4.69, 9.17) is 5.84 Å². The van der Waals surface area contributed by atoms with Crippen LogP contribution in [0.1, 0.15) is 11.1 Å². The van der Waals surface area contributed by atoms with Crippen molar-refractivity contribution in [2.45, 2.75) is 13.5 Å². The van der Waals surface area contributed by atoms with E-state index in [1.807, 2.05) is 6.07 Å². The highest BCUT2D eigenvalue weighted by Gasteiger charge is 2.11. The van der Waals surface area contributed by atoms with Crippen molar-refractivity contribution < 1.29 is 4.92 Å². The molecule has 0 aromatic heterocycles. The molecule has 0 unspecified atom stereocenters. The molecule has 0 saturated carbocycles. The number of nitrogens with two attached hydrogens (primary N) is 1. The molecule has 0 bridgehead atoms. The second kappa shape index (κ2) is 3.97. The van der Waals surface area contributed by atoms with Gasteiger partial charge in [0.05, 0.1) is 4.92 Å². The minimum Gasteiger partial charge on any atom is -0.271 e. The standard InChI is InChI=1S/C8H11N3O2/c1-6-7(5-10-9)3-2-4-8(6)11(12)13/h2-4,10H,5,9H2,1H3. The Bertz CT molecular complexity index is 325. The summed E-state index contributed by atoms with van der Waals surface area (Å²) in [7, 11) is 0. The molecular formula is C8H11N3O2. The Balaban J connectivity index is 3.10. The van der Waals surface area contributed by atoms with Gasteiger partial charge in [-0.1, -0.05) is 12.1 Å². The van der Waals surface area contributed by atoms with Crippen molar-refractivity contribution in [1.29, 1.82) is 0 Å². The Morgan fingerprint density at radius 3 is 2.85 bits per heavy atom. The van der Waals surface area contributed by atoms with Crippen molar-refractivity contribution in [2.75, 3.05) is 0 Å². The zero-order valence-corrected chi connectivity index (χ0v) is 7.28. The molecule has 5 nitrogen and oxygen atoms in total. The van der Waals surface area contributed by atoms with E-state index in [0.717, 1.165) is 5.56 Å². The lowest BCUT2D eigenvalue weighted by Gasteiger charge is -2.04. The van der Waals surface area contributed by atoms with Gasteiger partial charge in [-0.15, -0.1) is 0 Å². The molecule has 3 N–H and O–H groups in total. The molecular weight excluding hydrogens is 170 g/mol. The lowest BCUT2D eigenvalue weighted by Crippen LogP contribution is -2.21. The van der Waals surface area contributed by atoms with Gasteiger partial charge in [0.25, 0.3) is 5.69 Å². The molecule has 0 saturated heterocycles. The molecule has 13 heavy (non-hydrogen) atoms. The largest absolute Gasteiger partial charge is 0.272 e. The smallest absolute Gasteiger partial charge is 0.271 e. The number of rotatable bonds is 3. The summed E-state index contributed by atoms with van der Waals surface area (Å²) in [6.07, 6.45) is 0. The van der Waals surface area contributed by atoms with Gasteiger partial charge in [-0.2, -0.15) is 0 Å². The number of hydrogen-bond acceptors (Lipinski definition) is 4. The Kier molecular flexibility index (Phi) is 2.94. The zero-order chi connectivity index (χ0) is 9.84. The van der Waals surface area contributed by atoms with Gasteiger partial charge < -0.3 is 0 Å². The van der Waals surface area contributed by atoms with Gasteiger partial charge in [-0.05, 0) is 12.5 Å². The summed E-state index contributed by atoms with van der Waals surface area (Å²) < 4.78 is 0. The Hall–Kier alpha value is -1.46. The fourth-order valence-corrected chi connectivity index (χ4v) is 1.17. The van der Waals surface area contributed by atoms with Crippen LogP contribution < -0.4 is 11.3 Å². The normalized spacial score (nSPS) is 10.0. The number of hydrazine groups is 1. The molecule has 0 aliphatic rings. The van der Waals surface area contributed by atoms with Gasteiger partial charge in [0.1, 0.15) is 0 Å². The lowest BCUT2D eigenvalue weighted by atomic mass is 10.1. The summed E-state index contributed by atoms with van der Waals surface area (Å²) >= 11 is 0. The van der Waals surface area contributed by atoms with Crippen LogP contribution in [-0.4, -0.2) is 4.92 Å². The summed E-state index contributed by atoms with van der Waals surface area (Å²) in [5.41, 5.74) is 4.10. The molecule has 0 aliphatic carbocycles. The molecule has 0 radical (unpaired) electrons. The molecule has 0 amide bonds. The average molecular weight is 181 g/mol. The van der Waals surface area contributed by atoms with Gasteiger partial charge in [0.2, 0.25) is 0 Å². The summed E-state index contributed by atoms with van der Waals surface area (Å²) in [5, 5.41) is 10.5. The number of nitro benzene ring substituents is 1. The van der Waals surface area contributed by atoms with Gasteiger partial charge in [-0.3, -0.25) is 21.4 Å². The van der Waals surface area contributed by atoms with Gasteiger partial charge in [0.15, 0.2) is 0 Å². The predicted molar refractivity (Wildman–Crippen MR) is 48.9 cm³/mol. The van der Waals surface area contributed by atoms with Gasteiger partial charge in [0, 0.05) is 18.2 Å². The lowest BCUT2D eigenvalue weighted by molar-refractivity contribution is -0.385. The molecule has 5 heteroatoms. The fourth-order valence-electron chi connectivity index (χ4n) is 1.17. The first-order valence-electron chi connectivity index (χ1n) is 3.83. The number of benzene rings is 1. The second-order valence-electron chi connectivity index (χ2n) is 2.70. The first-order chi connectivity index (χ1) is 6.16. The van der Waals surface area contributed by atoms with E-state index in [2.05, 4.69) is 5.43 Å². The first-order valence-corrected chi connectivity index (χ1v) is 3.83. The van der Waals surface area contributed by atoms with Crippen molar-refractivity contribution >= 4 is 5.69 Å². The average Bonchev–Trinajstić information content (AvgIpc) is 2.08. The van der Waals surface area contributed by atoms with Crippen LogP contribution in [0.4, 0.5) is 5.69 Å². The van der Waals surface area contributed by atoms with Crippen LogP contribution in [0.3, 0.4) is 0 Å². The molecule has 1 rings (SSSR count). The third-order valence-electron chi connectivity index (χ3n) is 1.91. The van der Waals surface area contributed by atoms with Crippen molar-refractivity contribution in [3.63, 3.8) is 0 Å². The number of nitrogens with one attached hydrogen (secondary N) is 1. The highest BCUT2D eigenvalue weighted by atomic mass is 16.6. The zero-order valence-electron chi connectivity index (χ0n) is 7.28. The van der Waals surface area contributed by atoms with Crippen LogP contribution in [0, 0.1) is 17.0 Å². The van der Waals surface area contributed by atoms with Crippen LogP contribution in [0.15, 0.2) is 18.2 Å². The SMILES string of the molecule is Cc1c(CNN)cccc1[N+](=O)[O-]. The molecule has 0 fully saturated rings. The summed E-state index contributed by atoms with van der Waals surface area (Å²) in [5.74, 6) is 5.14. The van der Waals surface area contributed by atoms with E-state index in [-0.39, 0.29) is 5.69 Å². The van der Waals surface area contributed by atoms with Crippen molar-refractivity contribution in [3.8, 4) is 0 Å². The quantitative estimate of drug-likeness (QED) is 0.412. The minimum absolute atomic E-state index is 0.132. The van der Waals surface area contributed by atoms with E-state index in [1.54, 1.807) is 13.0 Å². The Morgan fingerprint density at radius 1 is 1.62 bits per heavy atom. The van der Waals surface area contributed by atoms with E-state index in [1.165, 1.54) is 6.07 Å². The van der Waals surface area contributed by atoms with Crippen molar-refractivity contribution in [3.05, 3.63) is 39.4 Å². The molecule has 0 heterocycles. The predicted octanol–water partition coefficient (Wildman–Crippen LogP) is 0.867. The van der Waals surface area contributed by atoms with E-state index >= 15 is 0 Å². The molecule has 1 aromatic rings. The maximum Gasteiger partial charge on any atom is 0.272 e. The fraction of sp³-hybridized carbons (Fsp3) is 0.250.